The number of nitrogens with zero attached hydrogens (tertiary/aromatic N) is 1. The molecule has 2 heteroatoms. The van der Waals surface area contributed by atoms with E-state index in [4.69, 9.17) is 0 Å². The van der Waals surface area contributed by atoms with Crippen LogP contribution < -0.4 is 0 Å². The van der Waals surface area contributed by atoms with Gasteiger partial charge in [-0.15, -0.1) is 0 Å². The Labute approximate surface area is 103 Å². The molecule has 0 radical (unpaired) electrons. The summed E-state index contributed by atoms with van der Waals surface area (Å²) in [5, 5.41) is 0. The van der Waals surface area contributed by atoms with E-state index in [1.165, 1.54) is 11.8 Å². The Morgan fingerprint density at radius 3 is 2.50 bits per heavy atom. The molecule has 0 spiro atoms. The first-order valence-corrected chi connectivity index (χ1v) is 6.05. The van der Waals surface area contributed by atoms with Crippen molar-refractivity contribution < 1.29 is 0 Å². The Balaban J connectivity index is 4.00. The zero-order valence-electron chi connectivity index (χ0n) is 10.0. The Kier molecular flexibility index (Phi) is 9.43. The van der Waals surface area contributed by atoms with Crippen LogP contribution in [0.25, 0.3) is 0 Å². The molecule has 0 aliphatic rings. The number of hydrogen-bond acceptors (Lipinski definition) is 2. The summed E-state index contributed by atoms with van der Waals surface area (Å²) in [6.45, 7) is 11.8. The zero-order valence-corrected chi connectivity index (χ0v) is 10.8. The van der Waals surface area contributed by atoms with E-state index in [-0.39, 0.29) is 0 Å². The number of aliphatic imine (C=N–C) groups is 1. The van der Waals surface area contributed by atoms with Gasteiger partial charge in [0.1, 0.15) is 0 Å². The van der Waals surface area contributed by atoms with Crippen LogP contribution in [0.3, 0.4) is 0 Å². The Morgan fingerprint density at radius 2 is 1.88 bits per heavy atom. The molecule has 1 nitrogen and oxygen atoms in total. The number of hydrogen-bond donors (Lipinski definition) is 0. The molecule has 0 aromatic carbocycles. The maximum Gasteiger partial charge on any atom is 0.0274 e. The van der Waals surface area contributed by atoms with E-state index in [9.17, 15) is 0 Å². The van der Waals surface area contributed by atoms with Crippen molar-refractivity contribution in [1.82, 2.24) is 0 Å². The summed E-state index contributed by atoms with van der Waals surface area (Å²) in [6, 6.07) is 0. The van der Waals surface area contributed by atoms with Crippen molar-refractivity contribution in [3.05, 3.63) is 59.5 Å². The van der Waals surface area contributed by atoms with E-state index >= 15 is 0 Å². The Hall–Kier alpha value is -1.28. The number of thioether (sulfide) groups is 1. The van der Waals surface area contributed by atoms with Gasteiger partial charge in [0.2, 0.25) is 0 Å². The van der Waals surface area contributed by atoms with Gasteiger partial charge in [0.15, 0.2) is 0 Å². The molecule has 0 unspecified atom stereocenters. The minimum Gasteiger partial charge on any atom is -0.269 e. The zero-order chi connectivity index (χ0) is 12.2. The summed E-state index contributed by atoms with van der Waals surface area (Å²) in [5.41, 5.74) is 0. The molecule has 0 aliphatic carbocycles. The fourth-order valence-corrected chi connectivity index (χ4v) is 1.44. The largest absolute Gasteiger partial charge is 0.269 e. The van der Waals surface area contributed by atoms with Crippen molar-refractivity contribution in [3.8, 4) is 0 Å². The summed E-state index contributed by atoms with van der Waals surface area (Å²) in [7, 11) is 0. The first-order valence-electron chi connectivity index (χ1n) is 5.24. The van der Waals surface area contributed by atoms with Crippen LogP contribution in [0, 0.1) is 0 Å². The molecular formula is C14H19NS. The van der Waals surface area contributed by atoms with Crippen LogP contribution in [0.15, 0.2) is 64.5 Å². The SMILES string of the molecule is C=C(/C=C\C=C/CC)SC(=C)/C=C\N=CC. The fourth-order valence-electron chi connectivity index (χ4n) is 0.826. The van der Waals surface area contributed by atoms with Gasteiger partial charge in [0.05, 0.1) is 0 Å². The third kappa shape index (κ3) is 9.28. The highest BCUT2D eigenvalue weighted by Gasteiger charge is 1.91. The van der Waals surface area contributed by atoms with Crippen LogP contribution in [0.1, 0.15) is 20.3 Å². The molecule has 16 heavy (non-hydrogen) atoms. The lowest BCUT2D eigenvalue weighted by molar-refractivity contribution is 1.22. The van der Waals surface area contributed by atoms with E-state index in [1.807, 2.05) is 31.2 Å². The molecular weight excluding hydrogens is 214 g/mol. The van der Waals surface area contributed by atoms with Crippen molar-refractivity contribution in [1.29, 1.82) is 0 Å². The van der Waals surface area contributed by atoms with Crippen LogP contribution in [-0.2, 0) is 0 Å². The number of allylic oxidation sites excluding steroid dienone is 5. The molecule has 0 atom stereocenters. The van der Waals surface area contributed by atoms with Gasteiger partial charge in [-0.2, -0.15) is 0 Å². The van der Waals surface area contributed by atoms with Gasteiger partial charge in [0, 0.05) is 22.2 Å². The van der Waals surface area contributed by atoms with E-state index in [2.05, 4.69) is 31.2 Å². The number of rotatable bonds is 7. The normalized spacial score (nSPS) is 12.4. The monoisotopic (exact) mass is 233 g/mol. The van der Waals surface area contributed by atoms with Crippen LogP contribution in [0.2, 0.25) is 0 Å². The molecule has 0 aromatic heterocycles. The molecule has 0 heterocycles. The second-order valence-corrected chi connectivity index (χ2v) is 4.21. The lowest BCUT2D eigenvalue weighted by atomic mass is 10.4. The summed E-state index contributed by atoms with van der Waals surface area (Å²) < 4.78 is 0. The summed E-state index contributed by atoms with van der Waals surface area (Å²) >= 11 is 1.54. The highest BCUT2D eigenvalue weighted by atomic mass is 32.2. The Bertz CT molecular complexity index is 333. The van der Waals surface area contributed by atoms with Crippen LogP contribution >= 0.6 is 11.8 Å². The Morgan fingerprint density at radius 1 is 1.19 bits per heavy atom. The lowest BCUT2D eigenvalue weighted by Crippen LogP contribution is -1.69. The predicted octanol–water partition coefficient (Wildman–Crippen LogP) is 4.87. The third-order valence-corrected chi connectivity index (χ3v) is 2.32. The molecule has 0 rings (SSSR count). The maximum absolute atomic E-state index is 3.97. The molecule has 0 amide bonds. The first kappa shape index (κ1) is 14.7. The first-order chi connectivity index (χ1) is 7.70. The quantitative estimate of drug-likeness (QED) is 0.451. The van der Waals surface area contributed by atoms with Crippen LogP contribution in [0.5, 0.6) is 0 Å². The average Bonchev–Trinajstić information content (AvgIpc) is 2.25. The van der Waals surface area contributed by atoms with Gasteiger partial charge in [-0.1, -0.05) is 50.1 Å². The lowest BCUT2D eigenvalue weighted by Gasteiger charge is -1.97. The van der Waals surface area contributed by atoms with Gasteiger partial charge >= 0.3 is 0 Å². The second kappa shape index (κ2) is 10.2. The van der Waals surface area contributed by atoms with Gasteiger partial charge in [0.25, 0.3) is 0 Å². The topological polar surface area (TPSA) is 12.4 Å². The van der Waals surface area contributed by atoms with Crippen molar-refractivity contribution >= 4 is 18.0 Å². The predicted molar refractivity (Wildman–Crippen MR) is 77.7 cm³/mol. The van der Waals surface area contributed by atoms with Crippen molar-refractivity contribution in [3.63, 3.8) is 0 Å². The third-order valence-electron chi connectivity index (χ3n) is 1.52. The standard InChI is InChI=1S/C14H19NS/c1-5-7-8-9-10-13(3)16-14(4)11-12-15-6-2/h6-12H,3-5H2,1-2H3/b8-7-,10-9-,12-11-,15-6?. The minimum absolute atomic E-state index is 0.930. The van der Waals surface area contributed by atoms with Gasteiger partial charge < -0.3 is 0 Å². The summed E-state index contributed by atoms with van der Waals surface area (Å²) in [6.07, 6.45) is 14.5. The van der Waals surface area contributed by atoms with Gasteiger partial charge in [-0.25, -0.2) is 0 Å². The van der Waals surface area contributed by atoms with E-state index in [0.717, 1.165) is 16.2 Å². The van der Waals surface area contributed by atoms with Crippen molar-refractivity contribution in [2.45, 2.75) is 20.3 Å². The van der Waals surface area contributed by atoms with Crippen LogP contribution in [-0.4, -0.2) is 6.21 Å². The average molecular weight is 233 g/mol. The van der Waals surface area contributed by atoms with Gasteiger partial charge in [-0.3, -0.25) is 4.99 Å². The van der Waals surface area contributed by atoms with Crippen molar-refractivity contribution in [2.75, 3.05) is 0 Å². The molecule has 0 saturated carbocycles. The fraction of sp³-hybridized carbons (Fsp3) is 0.214. The molecule has 0 N–H and O–H groups in total. The molecule has 0 fully saturated rings. The van der Waals surface area contributed by atoms with E-state index < -0.39 is 0 Å². The second-order valence-electron chi connectivity index (χ2n) is 2.95. The molecule has 86 valence electrons. The van der Waals surface area contributed by atoms with Gasteiger partial charge in [-0.05, 0) is 25.5 Å². The molecule has 0 bridgehead atoms. The van der Waals surface area contributed by atoms with E-state index in [1.54, 1.807) is 12.4 Å². The molecule has 0 saturated heterocycles. The summed E-state index contributed by atoms with van der Waals surface area (Å²) in [5.74, 6) is 0. The smallest absolute Gasteiger partial charge is 0.0274 e. The minimum atomic E-state index is 0.930. The van der Waals surface area contributed by atoms with E-state index in [0.29, 0.717) is 0 Å². The van der Waals surface area contributed by atoms with Crippen molar-refractivity contribution in [2.24, 2.45) is 4.99 Å². The maximum atomic E-state index is 3.97. The highest BCUT2D eigenvalue weighted by molar-refractivity contribution is 8.07. The molecule has 0 aromatic rings. The summed E-state index contributed by atoms with van der Waals surface area (Å²) in [4.78, 5) is 5.87. The highest BCUT2D eigenvalue weighted by Crippen LogP contribution is 2.24. The molecule has 0 aliphatic heterocycles. The van der Waals surface area contributed by atoms with Crippen LogP contribution in [0.4, 0.5) is 0 Å².